The van der Waals surface area contributed by atoms with E-state index in [1.54, 1.807) is 29.5 Å². The lowest BCUT2D eigenvalue weighted by molar-refractivity contribution is -0.144. The summed E-state index contributed by atoms with van der Waals surface area (Å²) in [5.41, 5.74) is 0.682. The molecule has 2 N–H and O–H groups in total. The zero-order valence-corrected chi connectivity index (χ0v) is 21.6. The molecule has 1 aliphatic heterocycles. The van der Waals surface area contributed by atoms with Crippen molar-refractivity contribution in [3.8, 4) is 11.5 Å². The summed E-state index contributed by atoms with van der Waals surface area (Å²) in [5, 5.41) is 7.76. The van der Waals surface area contributed by atoms with Gasteiger partial charge in [0.2, 0.25) is 6.79 Å². The van der Waals surface area contributed by atoms with Crippen molar-refractivity contribution in [3.63, 3.8) is 0 Å². The average molecular weight is 519 g/mol. The van der Waals surface area contributed by atoms with E-state index in [-0.39, 0.29) is 31.8 Å². The summed E-state index contributed by atoms with van der Waals surface area (Å²) in [6, 6.07) is 7.85. The first-order valence-corrected chi connectivity index (χ1v) is 13.1. The van der Waals surface area contributed by atoms with Crippen LogP contribution in [0.4, 0.5) is 4.79 Å². The molecule has 0 aliphatic carbocycles. The minimum atomic E-state index is -0.640. The van der Waals surface area contributed by atoms with Gasteiger partial charge in [-0.2, -0.15) is 0 Å². The molecule has 1 aromatic heterocycles. The quantitative estimate of drug-likeness (QED) is 0.354. The number of aryl methyl sites for hydroxylation is 1. The van der Waals surface area contributed by atoms with Crippen LogP contribution in [0.15, 0.2) is 35.7 Å². The molecule has 0 saturated heterocycles. The van der Waals surface area contributed by atoms with Gasteiger partial charge in [-0.1, -0.05) is 31.9 Å². The number of carbonyl (C=O) groups excluding carboxylic acids is 3. The Labute approximate surface area is 215 Å². The van der Waals surface area contributed by atoms with Crippen LogP contribution < -0.4 is 20.1 Å². The zero-order chi connectivity index (χ0) is 25.8. The van der Waals surface area contributed by atoms with Crippen LogP contribution in [-0.2, 0) is 25.5 Å². The monoisotopic (exact) mass is 518 g/mol. The summed E-state index contributed by atoms with van der Waals surface area (Å²) in [7, 11) is 1.30. The van der Waals surface area contributed by atoms with E-state index in [2.05, 4.69) is 23.6 Å². The molecule has 0 fully saturated rings. The van der Waals surface area contributed by atoms with Crippen LogP contribution in [-0.4, -0.2) is 44.5 Å². The van der Waals surface area contributed by atoms with E-state index >= 15 is 0 Å². The van der Waals surface area contributed by atoms with Gasteiger partial charge >= 0.3 is 18.0 Å². The molecule has 2 heterocycles. The summed E-state index contributed by atoms with van der Waals surface area (Å²) in [4.78, 5) is 38.4. The van der Waals surface area contributed by atoms with Gasteiger partial charge in [0.1, 0.15) is 6.61 Å². The highest BCUT2D eigenvalue weighted by Crippen LogP contribution is 2.34. The third-order valence-electron chi connectivity index (χ3n) is 5.77. The predicted octanol–water partition coefficient (Wildman–Crippen LogP) is 4.51. The first-order chi connectivity index (χ1) is 17.5. The summed E-state index contributed by atoms with van der Waals surface area (Å²) in [6.07, 6.45) is 4.31. The first-order valence-electron chi connectivity index (χ1n) is 12.2. The zero-order valence-electron chi connectivity index (χ0n) is 20.7. The number of amides is 2. The number of thiophene rings is 1. The smallest absolute Gasteiger partial charge is 0.315 e. The fourth-order valence-corrected chi connectivity index (χ4v) is 4.54. The number of hydrogen-bond acceptors (Lipinski definition) is 8. The van der Waals surface area contributed by atoms with E-state index in [1.165, 1.54) is 12.0 Å². The highest BCUT2D eigenvalue weighted by molar-refractivity contribution is 7.09. The largest absolute Gasteiger partial charge is 0.469 e. The number of unbranched alkanes of at least 4 members (excludes halogenated alkanes) is 1. The van der Waals surface area contributed by atoms with Crippen LogP contribution >= 0.6 is 11.3 Å². The summed E-state index contributed by atoms with van der Waals surface area (Å²) in [5.74, 6) is 0.421. The van der Waals surface area contributed by atoms with E-state index in [0.29, 0.717) is 29.9 Å². The SMILES string of the molecule is CCCC[C@@H](COC(=O)CCCc1cccs1)NC(=O)N[C@@H](CC(=O)OC)c1ccc2c(c1)OCO2. The number of hydrogen-bond donors (Lipinski definition) is 2. The highest BCUT2D eigenvalue weighted by atomic mass is 32.1. The lowest BCUT2D eigenvalue weighted by atomic mass is 10.0. The van der Waals surface area contributed by atoms with Crippen molar-refractivity contribution in [2.45, 2.75) is 64.0 Å². The molecule has 3 rings (SSSR count). The van der Waals surface area contributed by atoms with Crippen molar-refractivity contribution in [1.29, 1.82) is 0 Å². The van der Waals surface area contributed by atoms with Crippen LogP contribution in [0.2, 0.25) is 0 Å². The Morgan fingerprint density at radius 3 is 2.67 bits per heavy atom. The van der Waals surface area contributed by atoms with Crippen molar-refractivity contribution < 1.29 is 33.3 Å². The van der Waals surface area contributed by atoms with Crippen molar-refractivity contribution >= 4 is 29.3 Å². The van der Waals surface area contributed by atoms with Crippen LogP contribution in [0.25, 0.3) is 0 Å². The summed E-state index contributed by atoms with van der Waals surface area (Å²) < 4.78 is 21.0. The molecule has 1 aromatic carbocycles. The number of benzene rings is 1. The second-order valence-corrected chi connectivity index (χ2v) is 9.55. The molecule has 1 aliphatic rings. The number of urea groups is 1. The fraction of sp³-hybridized carbons (Fsp3) is 0.500. The molecular formula is C26H34N2O7S. The average Bonchev–Trinajstić information content (AvgIpc) is 3.56. The van der Waals surface area contributed by atoms with Crippen LogP contribution in [0.5, 0.6) is 11.5 Å². The van der Waals surface area contributed by atoms with Gasteiger partial charge in [0.25, 0.3) is 0 Å². The maximum absolute atomic E-state index is 12.9. The Kier molecular flexibility index (Phi) is 10.9. The molecule has 0 spiro atoms. The third kappa shape index (κ3) is 8.75. The molecule has 2 amide bonds. The number of nitrogens with one attached hydrogen (secondary N) is 2. The van der Waals surface area contributed by atoms with Crippen molar-refractivity contribution in [2.75, 3.05) is 20.5 Å². The predicted molar refractivity (Wildman–Crippen MR) is 135 cm³/mol. The van der Waals surface area contributed by atoms with E-state index in [4.69, 9.17) is 18.9 Å². The highest BCUT2D eigenvalue weighted by Gasteiger charge is 2.24. The molecule has 2 atom stereocenters. The number of ether oxygens (including phenoxy) is 4. The van der Waals surface area contributed by atoms with Gasteiger partial charge in [-0.25, -0.2) is 4.79 Å². The molecule has 0 unspecified atom stereocenters. The van der Waals surface area contributed by atoms with E-state index in [0.717, 1.165) is 25.7 Å². The minimum Gasteiger partial charge on any atom is -0.469 e. The summed E-state index contributed by atoms with van der Waals surface area (Å²) >= 11 is 1.67. The third-order valence-corrected chi connectivity index (χ3v) is 6.71. The molecule has 196 valence electrons. The normalized spacial score (nSPS) is 13.5. The van der Waals surface area contributed by atoms with E-state index in [9.17, 15) is 14.4 Å². The van der Waals surface area contributed by atoms with Gasteiger partial charge in [-0.3, -0.25) is 9.59 Å². The molecule has 0 bridgehead atoms. The van der Waals surface area contributed by atoms with Gasteiger partial charge in [-0.15, -0.1) is 11.3 Å². The van der Waals surface area contributed by atoms with Gasteiger partial charge in [0, 0.05) is 11.3 Å². The molecule has 0 radical (unpaired) electrons. The Balaban J connectivity index is 1.54. The van der Waals surface area contributed by atoms with Gasteiger partial charge < -0.3 is 29.6 Å². The number of rotatable bonds is 14. The first kappa shape index (κ1) is 27.3. The second kappa shape index (κ2) is 14.3. The van der Waals surface area contributed by atoms with Crippen LogP contribution in [0, 0.1) is 0 Å². The molecule has 2 aromatic rings. The van der Waals surface area contributed by atoms with Crippen LogP contribution in [0.3, 0.4) is 0 Å². The number of fused-ring (bicyclic) bond motifs is 1. The molecule has 0 saturated carbocycles. The van der Waals surface area contributed by atoms with Gasteiger partial charge in [-0.05, 0) is 48.4 Å². The maximum Gasteiger partial charge on any atom is 0.315 e. The van der Waals surface area contributed by atoms with Gasteiger partial charge in [0.05, 0.1) is 25.6 Å². The maximum atomic E-state index is 12.9. The summed E-state index contributed by atoms with van der Waals surface area (Å²) in [6.45, 7) is 2.27. The number of esters is 2. The molecule has 9 nitrogen and oxygen atoms in total. The topological polar surface area (TPSA) is 112 Å². The Morgan fingerprint density at radius 2 is 1.92 bits per heavy atom. The lowest BCUT2D eigenvalue weighted by Gasteiger charge is -2.23. The standard InChI is InChI=1S/C26H34N2O7S/c1-3-4-7-19(16-33-24(29)10-5-8-20-9-6-13-36-20)27-26(31)28-21(15-25(30)32-2)18-11-12-22-23(14-18)35-17-34-22/h6,9,11-14,19,21H,3-5,7-8,10,15-17H2,1-2H3,(H2,27,28,31)/t19-,21-/m0/s1. The molecule has 36 heavy (non-hydrogen) atoms. The lowest BCUT2D eigenvalue weighted by Crippen LogP contribution is -2.46. The van der Waals surface area contributed by atoms with E-state index < -0.39 is 18.0 Å². The molecular weight excluding hydrogens is 484 g/mol. The van der Waals surface area contributed by atoms with Crippen molar-refractivity contribution in [3.05, 3.63) is 46.2 Å². The van der Waals surface area contributed by atoms with E-state index in [1.807, 2.05) is 11.4 Å². The fourth-order valence-electron chi connectivity index (χ4n) is 3.79. The van der Waals surface area contributed by atoms with Crippen molar-refractivity contribution in [2.24, 2.45) is 0 Å². The number of methoxy groups -OCH3 is 1. The Hall–Kier alpha value is -3.27. The Morgan fingerprint density at radius 1 is 1.08 bits per heavy atom. The number of carbonyl (C=O) groups is 3. The molecule has 10 heteroatoms. The Bertz CT molecular complexity index is 996. The second-order valence-electron chi connectivity index (χ2n) is 8.52. The van der Waals surface area contributed by atoms with Crippen molar-refractivity contribution in [1.82, 2.24) is 10.6 Å². The van der Waals surface area contributed by atoms with Crippen LogP contribution in [0.1, 0.15) is 61.9 Å². The van der Waals surface area contributed by atoms with Gasteiger partial charge in [0.15, 0.2) is 11.5 Å². The minimum absolute atomic E-state index is 0.0532.